The van der Waals surface area contributed by atoms with Crippen molar-refractivity contribution in [2.45, 2.75) is 12.3 Å². The summed E-state index contributed by atoms with van der Waals surface area (Å²) in [5.41, 5.74) is 2.44. The third kappa shape index (κ3) is 3.56. The van der Waals surface area contributed by atoms with Gasteiger partial charge in [-0.05, 0) is 29.8 Å². The van der Waals surface area contributed by atoms with E-state index in [0.29, 0.717) is 28.6 Å². The molecule has 1 aliphatic heterocycles. The van der Waals surface area contributed by atoms with Gasteiger partial charge >= 0.3 is 5.97 Å². The second-order valence-electron chi connectivity index (χ2n) is 7.09. The van der Waals surface area contributed by atoms with Crippen molar-refractivity contribution >= 4 is 17.6 Å². The zero-order chi connectivity index (χ0) is 22.1. The van der Waals surface area contributed by atoms with E-state index in [1.54, 1.807) is 44.1 Å². The number of ether oxygens (including phenoxy) is 3. The number of anilines is 1. The Morgan fingerprint density at radius 1 is 1.03 bits per heavy atom. The van der Waals surface area contributed by atoms with Crippen molar-refractivity contribution in [1.82, 2.24) is 4.57 Å². The van der Waals surface area contributed by atoms with Crippen LogP contribution in [0.25, 0.3) is 5.69 Å². The number of rotatable bonds is 6. The number of aromatic carboxylic acids is 1. The summed E-state index contributed by atoms with van der Waals surface area (Å²) in [4.78, 5) is 24.5. The molecular weight excluding hydrogens is 400 g/mol. The van der Waals surface area contributed by atoms with Crippen LogP contribution in [-0.2, 0) is 4.79 Å². The van der Waals surface area contributed by atoms with E-state index in [1.807, 2.05) is 24.3 Å². The molecule has 4 rings (SSSR count). The van der Waals surface area contributed by atoms with Gasteiger partial charge in [-0.3, -0.25) is 4.79 Å². The van der Waals surface area contributed by atoms with Crippen LogP contribution in [0.3, 0.4) is 0 Å². The van der Waals surface area contributed by atoms with Crippen molar-refractivity contribution < 1.29 is 28.9 Å². The lowest BCUT2D eigenvalue weighted by Crippen LogP contribution is -2.25. The SMILES string of the molecule is COc1ccc(C2CC(=O)Nc3c(C(=O)O)cn(-c4cc(OC)ccc4OC)c32)cc1. The van der Waals surface area contributed by atoms with Crippen LogP contribution in [0.4, 0.5) is 5.69 Å². The number of carboxylic acid groups (broad SMARTS) is 1. The van der Waals surface area contributed by atoms with Crippen molar-refractivity contribution in [2.24, 2.45) is 0 Å². The summed E-state index contributed by atoms with van der Waals surface area (Å²) >= 11 is 0. The smallest absolute Gasteiger partial charge is 0.339 e. The lowest BCUT2D eigenvalue weighted by atomic mass is 9.88. The zero-order valence-electron chi connectivity index (χ0n) is 17.3. The molecule has 0 radical (unpaired) electrons. The first-order valence-corrected chi connectivity index (χ1v) is 9.61. The molecule has 8 nitrogen and oxygen atoms in total. The third-order valence-corrected chi connectivity index (χ3v) is 5.42. The molecule has 1 aromatic heterocycles. The summed E-state index contributed by atoms with van der Waals surface area (Å²) in [5.74, 6) is 0.0922. The van der Waals surface area contributed by atoms with E-state index in [2.05, 4.69) is 5.32 Å². The number of carboxylic acids is 1. The molecule has 0 fully saturated rings. The minimum atomic E-state index is -1.13. The zero-order valence-corrected chi connectivity index (χ0v) is 17.3. The number of amides is 1. The van der Waals surface area contributed by atoms with Crippen LogP contribution >= 0.6 is 0 Å². The van der Waals surface area contributed by atoms with E-state index in [4.69, 9.17) is 14.2 Å². The predicted molar refractivity (Wildman–Crippen MR) is 114 cm³/mol. The molecule has 2 aromatic carbocycles. The van der Waals surface area contributed by atoms with Gasteiger partial charge in [-0.15, -0.1) is 0 Å². The molecule has 0 saturated heterocycles. The number of methoxy groups -OCH3 is 3. The molecule has 0 spiro atoms. The molecule has 0 bridgehead atoms. The lowest BCUT2D eigenvalue weighted by molar-refractivity contribution is -0.116. The Balaban J connectivity index is 1.98. The van der Waals surface area contributed by atoms with Gasteiger partial charge in [-0.1, -0.05) is 12.1 Å². The highest BCUT2D eigenvalue weighted by molar-refractivity contribution is 6.04. The monoisotopic (exact) mass is 422 g/mol. The number of carbonyl (C=O) groups excluding carboxylic acids is 1. The van der Waals surface area contributed by atoms with Gasteiger partial charge in [0.2, 0.25) is 5.91 Å². The van der Waals surface area contributed by atoms with Crippen LogP contribution in [0.2, 0.25) is 0 Å². The minimum absolute atomic E-state index is 0.00596. The van der Waals surface area contributed by atoms with Crippen LogP contribution in [0.5, 0.6) is 17.2 Å². The molecule has 1 unspecified atom stereocenters. The summed E-state index contributed by atoms with van der Waals surface area (Å²) in [6, 6.07) is 12.7. The molecule has 3 aromatic rings. The maximum atomic E-state index is 12.5. The fraction of sp³-hybridized carbons (Fsp3) is 0.217. The molecule has 2 N–H and O–H groups in total. The van der Waals surface area contributed by atoms with E-state index in [0.717, 1.165) is 5.56 Å². The first-order chi connectivity index (χ1) is 15.0. The highest BCUT2D eigenvalue weighted by Gasteiger charge is 2.35. The summed E-state index contributed by atoms with van der Waals surface area (Å²) in [7, 11) is 4.68. The number of nitrogens with zero attached hydrogens (tertiary/aromatic N) is 1. The van der Waals surface area contributed by atoms with E-state index < -0.39 is 5.97 Å². The Bertz CT molecular complexity index is 1150. The number of hydrogen-bond donors (Lipinski definition) is 2. The first-order valence-electron chi connectivity index (χ1n) is 9.61. The fourth-order valence-corrected chi connectivity index (χ4v) is 3.93. The highest BCUT2D eigenvalue weighted by Crippen LogP contribution is 2.43. The van der Waals surface area contributed by atoms with Gasteiger partial charge in [-0.2, -0.15) is 0 Å². The standard InChI is InChI=1S/C23H22N2O6/c1-29-14-6-4-13(5-7-14)16-11-20(26)24-21-17(23(27)28)12-25(22(16)21)18-10-15(30-2)8-9-19(18)31-3/h4-10,12,16H,11H2,1-3H3,(H,24,26)(H,27,28). The third-order valence-electron chi connectivity index (χ3n) is 5.42. The van der Waals surface area contributed by atoms with E-state index in [-0.39, 0.29) is 29.5 Å². The van der Waals surface area contributed by atoms with Gasteiger partial charge in [0.25, 0.3) is 0 Å². The largest absolute Gasteiger partial charge is 0.497 e. The summed E-state index contributed by atoms with van der Waals surface area (Å²) in [5, 5.41) is 12.6. The minimum Gasteiger partial charge on any atom is -0.497 e. The molecule has 1 amide bonds. The summed E-state index contributed by atoms with van der Waals surface area (Å²) in [6.07, 6.45) is 1.68. The molecule has 0 saturated carbocycles. The van der Waals surface area contributed by atoms with Crippen molar-refractivity contribution in [1.29, 1.82) is 0 Å². The number of hydrogen-bond acceptors (Lipinski definition) is 5. The van der Waals surface area contributed by atoms with Crippen LogP contribution in [-0.4, -0.2) is 42.9 Å². The van der Waals surface area contributed by atoms with Gasteiger partial charge < -0.3 is 29.2 Å². The van der Waals surface area contributed by atoms with Gasteiger partial charge in [-0.25, -0.2) is 4.79 Å². The molecule has 31 heavy (non-hydrogen) atoms. The van der Waals surface area contributed by atoms with Crippen molar-refractivity contribution in [2.75, 3.05) is 26.6 Å². The molecule has 1 atom stereocenters. The van der Waals surface area contributed by atoms with E-state index >= 15 is 0 Å². The quantitative estimate of drug-likeness (QED) is 0.629. The fourth-order valence-electron chi connectivity index (χ4n) is 3.93. The number of nitrogens with one attached hydrogen (secondary N) is 1. The molecule has 1 aliphatic rings. The van der Waals surface area contributed by atoms with Crippen molar-refractivity contribution in [3.8, 4) is 22.9 Å². The van der Waals surface area contributed by atoms with Crippen LogP contribution in [0.15, 0.2) is 48.7 Å². The maximum absolute atomic E-state index is 12.5. The molecule has 0 aliphatic carbocycles. The summed E-state index contributed by atoms with van der Waals surface area (Å²) in [6.45, 7) is 0. The molecule has 160 valence electrons. The number of carbonyl (C=O) groups is 2. The molecular formula is C23H22N2O6. The first kappa shape index (κ1) is 20.3. The average Bonchev–Trinajstić information content (AvgIpc) is 3.17. The van der Waals surface area contributed by atoms with Gasteiger partial charge in [0, 0.05) is 24.6 Å². The predicted octanol–water partition coefficient (Wildman–Crippen LogP) is 3.68. The number of fused-ring (bicyclic) bond motifs is 1. The topological polar surface area (TPSA) is 99.0 Å². The Labute approximate surface area is 179 Å². The van der Waals surface area contributed by atoms with Crippen LogP contribution < -0.4 is 19.5 Å². The van der Waals surface area contributed by atoms with E-state index in [1.165, 1.54) is 6.20 Å². The second kappa shape index (κ2) is 8.06. The van der Waals surface area contributed by atoms with Crippen molar-refractivity contribution in [3.05, 3.63) is 65.5 Å². The lowest BCUT2D eigenvalue weighted by Gasteiger charge is -2.27. The van der Waals surface area contributed by atoms with Crippen LogP contribution in [0.1, 0.15) is 34.0 Å². The molecule has 8 heteroatoms. The second-order valence-corrected chi connectivity index (χ2v) is 7.09. The van der Waals surface area contributed by atoms with Gasteiger partial charge in [0.1, 0.15) is 22.8 Å². The Morgan fingerprint density at radius 3 is 2.32 bits per heavy atom. The normalized spacial score (nSPS) is 15.1. The Kier molecular flexibility index (Phi) is 5.29. The van der Waals surface area contributed by atoms with Gasteiger partial charge in [0.05, 0.1) is 38.4 Å². The summed E-state index contributed by atoms with van der Waals surface area (Å²) < 4.78 is 17.9. The Morgan fingerprint density at radius 2 is 1.71 bits per heavy atom. The average molecular weight is 422 g/mol. The van der Waals surface area contributed by atoms with Gasteiger partial charge in [0.15, 0.2) is 0 Å². The van der Waals surface area contributed by atoms with Crippen LogP contribution in [0, 0.1) is 0 Å². The van der Waals surface area contributed by atoms with Crippen molar-refractivity contribution in [3.63, 3.8) is 0 Å². The molecule has 2 heterocycles. The maximum Gasteiger partial charge on any atom is 0.339 e. The Hall–Kier alpha value is -3.94. The number of aromatic nitrogens is 1. The van der Waals surface area contributed by atoms with E-state index in [9.17, 15) is 14.7 Å². The highest BCUT2D eigenvalue weighted by atomic mass is 16.5. The number of benzene rings is 2.